The molecule has 1 atom stereocenters. The second-order valence-electron chi connectivity index (χ2n) is 6.63. The molecular weight excluding hydrogens is 304 g/mol. The van der Waals surface area contributed by atoms with Crippen LogP contribution in [0.3, 0.4) is 0 Å². The summed E-state index contributed by atoms with van der Waals surface area (Å²) in [6.45, 7) is 1.55. The third-order valence-electron chi connectivity index (χ3n) is 4.73. The highest BCUT2D eigenvalue weighted by molar-refractivity contribution is 5.78. The lowest BCUT2D eigenvalue weighted by molar-refractivity contribution is -0.134. The lowest BCUT2D eigenvalue weighted by Crippen LogP contribution is -2.41. The second kappa shape index (κ2) is 6.63. The topological polar surface area (TPSA) is 71.1 Å². The van der Waals surface area contributed by atoms with Gasteiger partial charge in [0.05, 0.1) is 0 Å². The zero-order valence-electron chi connectivity index (χ0n) is 13.6. The molecule has 1 aromatic carbocycles. The minimum atomic E-state index is 0.0292. The molecule has 6 nitrogen and oxygen atoms in total. The second-order valence-corrected chi connectivity index (χ2v) is 6.63. The van der Waals surface area contributed by atoms with E-state index in [0.29, 0.717) is 12.5 Å². The van der Waals surface area contributed by atoms with Crippen molar-refractivity contribution in [3.8, 4) is 5.75 Å². The number of carbonyl (C=O) groups is 1. The van der Waals surface area contributed by atoms with Gasteiger partial charge in [-0.15, -0.1) is 0 Å². The third kappa shape index (κ3) is 3.42. The van der Waals surface area contributed by atoms with Gasteiger partial charge in [-0.05, 0) is 37.8 Å². The minimum Gasteiger partial charge on any atom is -0.484 e. The van der Waals surface area contributed by atoms with E-state index in [1.807, 2.05) is 35.2 Å². The van der Waals surface area contributed by atoms with E-state index >= 15 is 0 Å². The molecule has 2 aliphatic rings. The number of nitrogens with zero attached hydrogens (tertiary/aromatic N) is 3. The van der Waals surface area contributed by atoms with Gasteiger partial charge in [0.2, 0.25) is 0 Å². The predicted octanol–water partition coefficient (Wildman–Crippen LogP) is 2.47. The smallest absolute Gasteiger partial charge is 0.260 e. The number of benzene rings is 1. The fourth-order valence-electron chi connectivity index (χ4n) is 3.18. The molecule has 2 aromatic rings. The molecule has 2 heterocycles. The summed E-state index contributed by atoms with van der Waals surface area (Å²) in [4.78, 5) is 19.0. The average Bonchev–Trinajstić information content (AvgIpc) is 3.37. The van der Waals surface area contributed by atoms with Crippen LogP contribution >= 0.6 is 0 Å². The molecule has 126 valence electrons. The van der Waals surface area contributed by atoms with Crippen molar-refractivity contribution in [1.82, 2.24) is 20.1 Å². The molecule has 1 aliphatic carbocycles. The molecule has 0 radical (unpaired) electrons. The van der Waals surface area contributed by atoms with Crippen molar-refractivity contribution in [3.63, 3.8) is 0 Å². The molecule has 6 heteroatoms. The van der Waals surface area contributed by atoms with Crippen molar-refractivity contribution in [3.05, 3.63) is 42.0 Å². The number of piperidine rings is 1. The number of nitrogens with one attached hydrogen (secondary N) is 1. The summed E-state index contributed by atoms with van der Waals surface area (Å²) in [5.41, 5.74) is 0. The van der Waals surface area contributed by atoms with E-state index in [2.05, 4.69) is 15.2 Å². The van der Waals surface area contributed by atoms with Gasteiger partial charge in [-0.2, -0.15) is 5.10 Å². The predicted molar refractivity (Wildman–Crippen MR) is 88.8 cm³/mol. The molecule has 2 fully saturated rings. The Morgan fingerprint density at radius 3 is 2.83 bits per heavy atom. The van der Waals surface area contributed by atoms with Gasteiger partial charge in [-0.3, -0.25) is 9.89 Å². The van der Waals surface area contributed by atoms with Crippen LogP contribution in [0.25, 0.3) is 0 Å². The van der Waals surface area contributed by atoms with Gasteiger partial charge in [-0.25, -0.2) is 4.98 Å². The third-order valence-corrected chi connectivity index (χ3v) is 4.73. The molecule has 4 rings (SSSR count). The number of likely N-dealkylation sites (tertiary alicyclic amines) is 1. The van der Waals surface area contributed by atoms with Crippen LogP contribution in [-0.2, 0) is 4.79 Å². The van der Waals surface area contributed by atoms with E-state index in [1.165, 1.54) is 12.8 Å². The highest BCUT2D eigenvalue weighted by Crippen LogP contribution is 2.38. The molecule has 0 bridgehead atoms. The summed E-state index contributed by atoms with van der Waals surface area (Å²) in [5, 5.41) is 7.45. The van der Waals surface area contributed by atoms with E-state index in [1.54, 1.807) is 0 Å². The van der Waals surface area contributed by atoms with Crippen LogP contribution in [0.4, 0.5) is 0 Å². The van der Waals surface area contributed by atoms with Crippen LogP contribution in [0.2, 0.25) is 0 Å². The molecule has 1 N–H and O–H groups in total. The Morgan fingerprint density at radius 2 is 2.04 bits per heavy atom. The molecule has 0 spiro atoms. The zero-order valence-corrected chi connectivity index (χ0v) is 13.6. The first-order valence-electron chi connectivity index (χ1n) is 8.67. The van der Waals surface area contributed by atoms with E-state index in [4.69, 9.17) is 4.74 Å². The number of hydrogen-bond acceptors (Lipinski definition) is 4. The Hall–Kier alpha value is -2.37. The van der Waals surface area contributed by atoms with Gasteiger partial charge in [0, 0.05) is 24.9 Å². The first kappa shape index (κ1) is 15.2. The highest BCUT2D eigenvalue weighted by Gasteiger charge is 2.31. The lowest BCUT2D eigenvalue weighted by atomic mass is 9.97. The molecular formula is C18H22N4O2. The molecule has 0 unspecified atom stereocenters. The quantitative estimate of drug-likeness (QED) is 0.916. The average molecular weight is 326 g/mol. The summed E-state index contributed by atoms with van der Waals surface area (Å²) in [7, 11) is 0. The fraction of sp³-hybridized carbons (Fsp3) is 0.500. The van der Waals surface area contributed by atoms with Crippen LogP contribution in [0.1, 0.15) is 49.2 Å². The Labute approximate surface area is 141 Å². The van der Waals surface area contributed by atoms with E-state index in [0.717, 1.165) is 36.8 Å². The maximum atomic E-state index is 12.4. The monoisotopic (exact) mass is 326 g/mol. The van der Waals surface area contributed by atoms with Crippen molar-refractivity contribution >= 4 is 5.91 Å². The van der Waals surface area contributed by atoms with Crippen molar-refractivity contribution in [2.24, 2.45) is 0 Å². The standard InChI is InChI=1S/C18H22N4O2/c23-16(12-24-15-6-2-1-3-7-15)22-10-4-5-14(11-22)18-19-17(20-21-18)13-8-9-13/h1-3,6-7,13-14H,4-5,8-12H2,(H,19,20,21)/t14-/m1/s1. The minimum absolute atomic E-state index is 0.0292. The number of H-pyrrole nitrogens is 1. The normalized spacial score (nSPS) is 20.8. The molecule has 1 saturated heterocycles. The van der Waals surface area contributed by atoms with Gasteiger partial charge < -0.3 is 9.64 Å². The number of hydrogen-bond donors (Lipinski definition) is 1. The lowest BCUT2D eigenvalue weighted by Gasteiger charge is -2.31. The number of rotatable bonds is 5. The first-order valence-corrected chi connectivity index (χ1v) is 8.67. The maximum absolute atomic E-state index is 12.4. The Balaban J connectivity index is 1.34. The number of amides is 1. The van der Waals surface area contributed by atoms with Gasteiger partial charge in [0.15, 0.2) is 12.4 Å². The van der Waals surface area contributed by atoms with Crippen LogP contribution < -0.4 is 4.74 Å². The number of aromatic amines is 1. The van der Waals surface area contributed by atoms with Crippen LogP contribution in [0.15, 0.2) is 30.3 Å². The Bertz CT molecular complexity index is 696. The number of ether oxygens (including phenoxy) is 1. The first-order chi connectivity index (χ1) is 11.8. The summed E-state index contributed by atoms with van der Waals surface area (Å²) >= 11 is 0. The Kier molecular flexibility index (Phi) is 4.19. The van der Waals surface area contributed by atoms with Gasteiger partial charge >= 0.3 is 0 Å². The molecule has 24 heavy (non-hydrogen) atoms. The van der Waals surface area contributed by atoms with Gasteiger partial charge in [0.25, 0.3) is 5.91 Å². The summed E-state index contributed by atoms with van der Waals surface area (Å²) in [5.74, 6) is 3.43. The summed E-state index contributed by atoms with van der Waals surface area (Å²) in [6.07, 6.45) is 4.43. The van der Waals surface area contributed by atoms with Crippen molar-refractivity contribution < 1.29 is 9.53 Å². The summed E-state index contributed by atoms with van der Waals surface area (Å²) in [6, 6.07) is 9.45. The van der Waals surface area contributed by atoms with E-state index in [9.17, 15) is 4.79 Å². The summed E-state index contributed by atoms with van der Waals surface area (Å²) < 4.78 is 5.58. The number of carbonyl (C=O) groups excluding carboxylic acids is 1. The van der Waals surface area contributed by atoms with Crippen LogP contribution in [-0.4, -0.2) is 45.7 Å². The van der Waals surface area contributed by atoms with Crippen LogP contribution in [0.5, 0.6) is 5.75 Å². The Morgan fingerprint density at radius 1 is 1.21 bits per heavy atom. The van der Waals surface area contributed by atoms with Crippen molar-refractivity contribution in [1.29, 1.82) is 0 Å². The number of aromatic nitrogens is 3. The molecule has 1 aliphatic heterocycles. The highest BCUT2D eigenvalue weighted by atomic mass is 16.5. The van der Waals surface area contributed by atoms with E-state index in [-0.39, 0.29) is 18.4 Å². The van der Waals surface area contributed by atoms with Crippen molar-refractivity contribution in [2.45, 2.75) is 37.5 Å². The van der Waals surface area contributed by atoms with Gasteiger partial charge in [-0.1, -0.05) is 18.2 Å². The molecule has 1 aromatic heterocycles. The largest absolute Gasteiger partial charge is 0.484 e. The van der Waals surface area contributed by atoms with Gasteiger partial charge in [0.1, 0.15) is 11.6 Å². The SMILES string of the molecule is O=C(COc1ccccc1)N1CCC[C@@H](c2n[nH]c(C3CC3)n2)C1. The number of para-hydroxylation sites is 1. The van der Waals surface area contributed by atoms with E-state index < -0.39 is 0 Å². The fourth-order valence-corrected chi connectivity index (χ4v) is 3.18. The van der Waals surface area contributed by atoms with Crippen molar-refractivity contribution in [2.75, 3.05) is 19.7 Å². The molecule has 1 amide bonds. The van der Waals surface area contributed by atoms with Crippen LogP contribution in [0, 0.1) is 0 Å². The molecule has 1 saturated carbocycles. The zero-order chi connectivity index (χ0) is 16.4. The maximum Gasteiger partial charge on any atom is 0.260 e.